The third-order valence-corrected chi connectivity index (χ3v) is 4.15. The molecule has 0 unspecified atom stereocenters. The van der Waals surface area contributed by atoms with E-state index in [4.69, 9.17) is 0 Å². The van der Waals surface area contributed by atoms with Crippen LogP contribution in [-0.2, 0) is 9.84 Å². The molecule has 0 aliphatic rings. The molecule has 0 fully saturated rings. The van der Waals surface area contributed by atoms with E-state index in [-0.39, 0.29) is 5.69 Å². The van der Waals surface area contributed by atoms with Gasteiger partial charge >= 0.3 is 5.76 Å². The molecule has 0 bridgehead atoms. The van der Waals surface area contributed by atoms with E-state index in [9.17, 15) is 22.0 Å². The van der Waals surface area contributed by atoms with Gasteiger partial charge in [0.05, 0.1) is 16.7 Å². The fourth-order valence-electron chi connectivity index (χ4n) is 1.61. The molecular formula is C12H11F2N3O3S. The van der Waals surface area contributed by atoms with Crippen molar-refractivity contribution in [3.05, 3.63) is 41.7 Å². The lowest BCUT2D eigenvalue weighted by molar-refractivity contribution is 0.102. The van der Waals surface area contributed by atoms with Crippen molar-refractivity contribution in [2.24, 2.45) is 0 Å². The Hall–Kier alpha value is -2.29. The quantitative estimate of drug-likeness (QED) is 0.902. The monoisotopic (exact) mass is 315 g/mol. The Kier molecular flexibility index (Phi) is 4.03. The molecule has 0 aliphatic carbocycles. The van der Waals surface area contributed by atoms with E-state index in [1.165, 1.54) is 18.3 Å². The van der Waals surface area contributed by atoms with E-state index in [0.717, 1.165) is 12.1 Å². The van der Waals surface area contributed by atoms with E-state index >= 15 is 0 Å². The molecule has 0 radical (unpaired) electrons. The van der Waals surface area contributed by atoms with Crippen molar-refractivity contribution in [1.29, 1.82) is 0 Å². The van der Waals surface area contributed by atoms with Crippen LogP contribution in [0.5, 0.6) is 0 Å². The molecule has 2 rings (SSSR count). The molecule has 0 spiro atoms. The Morgan fingerprint density at radius 1 is 1.29 bits per heavy atom. The van der Waals surface area contributed by atoms with Crippen molar-refractivity contribution in [2.75, 3.05) is 5.32 Å². The highest BCUT2D eigenvalue weighted by Gasteiger charge is 2.26. The van der Waals surface area contributed by atoms with Gasteiger partial charge in [0.25, 0.3) is 5.91 Å². The summed E-state index contributed by atoms with van der Waals surface area (Å²) in [5, 5.41) is 8.82. The van der Waals surface area contributed by atoms with Gasteiger partial charge in [0.15, 0.2) is 0 Å². The van der Waals surface area contributed by atoms with Crippen molar-refractivity contribution < 1.29 is 22.0 Å². The number of nitrogens with zero attached hydrogens (tertiary/aromatic N) is 1. The lowest BCUT2D eigenvalue weighted by Crippen LogP contribution is -2.13. The number of carbonyl (C=O) groups is 1. The Bertz CT molecular complexity index is 754. The van der Waals surface area contributed by atoms with E-state index in [1.807, 2.05) is 0 Å². The Balaban J connectivity index is 2.17. The van der Waals surface area contributed by atoms with Crippen LogP contribution >= 0.6 is 0 Å². The summed E-state index contributed by atoms with van der Waals surface area (Å²) < 4.78 is 47.2. The van der Waals surface area contributed by atoms with Crippen molar-refractivity contribution in [3.8, 4) is 0 Å². The molecule has 0 saturated heterocycles. The first-order valence-corrected chi connectivity index (χ1v) is 7.30. The van der Waals surface area contributed by atoms with Crippen LogP contribution in [0, 0.1) is 6.92 Å². The second kappa shape index (κ2) is 5.60. The summed E-state index contributed by atoms with van der Waals surface area (Å²) in [6.07, 6.45) is 1.35. The highest BCUT2D eigenvalue weighted by Crippen LogP contribution is 2.20. The fourth-order valence-corrected chi connectivity index (χ4v) is 2.33. The molecule has 0 aliphatic heterocycles. The van der Waals surface area contributed by atoms with Crippen LogP contribution in [0.4, 0.5) is 14.5 Å². The van der Waals surface area contributed by atoms with E-state index < -0.39 is 26.4 Å². The lowest BCUT2D eigenvalue weighted by atomic mass is 10.2. The number of aromatic nitrogens is 2. The van der Waals surface area contributed by atoms with E-state index in [1.54, 1.807) is 6.92 Å². The van der Waals surface area contributed by atoms with Crippen molar-refractivity contribution in [1.82, 2.24) is 10.2 Å². The summed E-state index contributed by atoms with van der Waals surface area (Å²) in [7, 11) is -4.63. The maximum absolute atomic E-state index is 12.4. The molecular weight excluding hydrogens is 304 g/mol. The number of rotatable bonds is 4. The maximum atomic E-state index is 12.4. The zero-order valence-electron chi connectivity index (χ0n) is 10.8. The summed E-state index contributed by atoms with van der Waals surface area (Å²) in [4.78, 5) is 11.4. The normalized spacial score (nSPS) is 11.6. The molecule has 0 atom stereocenters. The first kappa shape index (κ1) is 15.1. The van der Waals surface area contributed by atoms with Crippen LogP contribution in [0.1, 0.15) is 16.1 Å². The number of halogens is 2. The summed E-state index contributed by atoms with van der Waals surface area (Å²) in [5.74, 6) is -3.92. The average molecular weight is 315 g/mol. The van der Waals surface area contributed by atoms with Gasteiger partial charge in [0.2, 0.25) is 9.84 Å². The zero-order chi connectivity index (χ0) is 15.6. The minimum Gasteiger partial charge on any atom is -0.322 e. The van der Waals surface area contributed by atoms with Crippen LogP contribution in [-0.4, -0.2) is 30.3 Å². The first-order valence-electron chi connectivity index (χ1n) is 5.76. The average Bonchev–Trinajstić information content (AvgIpc) is 2.85. The minimum absolute atomic E-state index is 0.286. The summed E-state index contributed by atoms with van der Waals surface area (Å²) in [6, 6.07) is 4.50. The molecule has 112 valence electrons. The first-order chi connectivity index (χ1) is 9.82. The van der Waals surface area contributed by atoms with Crippen LogP contribution in [0.15, 0.2) is 35.4 Å². The number of aryl methyl sites for hydroxylation is 1. The van der Waals surface area contributed by atoms with Crippen molar-refractivity contribution in [3.63, 3.8) is 0 Å². The van der Waals surface area contributed by atoms with Gasteiger partial charge < -0.3 is 5.32 Å². The number of sulfone groups is 1. The Morgan fingerprint density at radius 2 is 1.90 bits per heavy atom. The SMILES string of the molecule is Cc1[nH]ncc1C(=O)Nc1ccc(S(=O)(=O)C(F)F)cc1. The van der Waals surface area contributed by atoms with Crippen LogP contribution in [0.2, 0.25) is 0 Å². The number of amides is 1. The number of carbonyl (C=O) groups excluding carboxylic acids is 1. The second-order valence-electron chi connectivity index (χ2n) is 4.19. The number of alkyl halides is 2. The van der Waals surface area contributed by atoms with Crippen molar-refractivity contribution in [2.45, 2.75) is 17.6 Å². The topological polar surface area (TPSA) is 91.9 Å². The second-order valence-corrected chi connectivity index (χ2v) is 6.11. The largest absolute Gasteiger partial charge is 0.341 e. The molecule has 6 nitrogen and oxygen atoms in total. The molecule has 1 aromatic carbocycles. The van der Waals surface area contributed by atoms with Crippen LogP contribution in [0.3, 0.4) is 0 Å². The fraction of sp³-hybridized carbons (Fsp3) is 0.167. The van der Waals surface area contributed by atoms with Gasteiger partial charge in [-0.25, -0.2) is 8.42 Å². The van der Waals surface area contributed by atoms with Gasteiger partial charge in [-0.2, -0.15) is 13.9 Å². The van der Waals surface area contributed by atoms with Gasteiger partial charge in [0.1, 0.15) is 0 Å². The summed E-state index contributed by atoms with van der Waals surface area (Å²) in [6.45, 7) is 1.67. The zero-order valence-corrected chi connectivity index (χ0v) is 11.6. The smallest absolute Gasteiger partial charge is 0.322 e. The molecule has 21 heavy (non-hydrogen) atoms. The summed E-state index contributed by atoms with van der Waals surface area (Å²) in [5.41, 5.74) is 1.19. The van der Waals surface area contributed by atoms with Gasteiger partial charge in [-0.15, -0.1) is 0 Å². The molecule has 2 aromatic rings. The lowest BCUT2D eigenvalue weighted by Gasteiger charge is -2.06. The molecule has 1 heterocycles. The van der Waals surface area contributed by atoms with Gasteiger partial charge in [-0.3, -0.25) is 9.89 Å². The number of hydrogen-bond donors (Lipinski definition) is 2. The third-order valence-electron chi connectivity index (χ3n) is 2.75. The number of anilines is 1. The van der Waals surface area contributed by atoms with Gasteiger partial charge in [-0.1, -0.05) is 0 Å². The highest BCUT2D eigenvalue weighted by molar-refractivity contribution is 7.91. The molecule has 1 aromatic heterocycles. The van der Waals surface area contributed by atoms with Crippen LogP contribution < -0.4 is 5.32 Å². The number of benzene rings is 1. The Labute approximate surface area is 119 Å². The molecule has 9 heteroatoms. The molecule has 1 amide bonds. The van der Waals surface area contributed by atoms with Gasteiger partial charge in [-0.05, 0) is 31.2 Å². The van der Waals surface area contributed by atoms with E-state index in [2.05, 4.69) is 15.5 Å². The third kappa shape index (κ3) is 3.07. The summed E-state index contributed by atoms with van der Waals surface area (Å²) >= 11 is 0. The predicted molar refractivity (Wildman–Crippen MR) is 70.9 cm³/mol. The number of nitrogens with one attached hydrogen (secondary N) is 2. The van der Waals surface area contributed by atoms with Gasteiger partial charge in [0, 0.05) is 11.4 Å². The Morgan fingerprint density at radius 3 is 2.38 bits per heavy atom. The highest BCUT2D eigenvalue weighted by atomic mass is 32.2. The standard InChI is InChI=1S/C12H11F2N3O3S/c1-7-10(6-15-17-7)11(18)16-8-2-4-9(5-3-8)21(19,20)12(13)14/h2-6,12H,1H3,(H,15,17)(H,16,18). The predicted octanol–water partition coefficient (Wildman–Crippen LogP) is 1.97. The minimum atomic E-state index is -4.63. The molecule has 0 saturated carbocycles. The number of aromatic amines is 1. The molecule has 2 N–H and O–H groups in total. The van der Waals surface area contributed by atoms with Crippen LogP contribution in [0.25, 0.3) is 0 Å². The maximum Gasteiger partial charge on any atom is 0.341 e. The number of hydrogen-bond acceptors (Lipinski definition) is 4. The van der Waals surface area contributed by atoms with E-state index in [0.29, 0.717) is 11.3 Å². The number of H-pyrrole nitrogens is 1. The van der Waals surface area contributed by atoms with Crippen molar-refractivity contribution >= 4 is 21.4 Å².